The molecule has 1 heterocycles. The summed E-state index contributed by atoms with van der Waals surface area (Å²) >= 11 is 0. The molecule has 0 saturated heterocycles. The topological polar surface area (TPSA) is 137 Å². The summed E-state index contributed by atoms with van der Waals surface area (Å²) < 4.78 is 39.0. The number of aliphatic hydroxyl groups excluding tert-OH is 1. The molecule has 12 heteroatoms. The third-order valence-corrected chi connectivity index (χ3v) is 7.04. The van der Waals surface area contributed by atoms with Gasteiger partial charge in [0, 0.05) is 23.3 Å². The molecule has 1 fully saturated rings. The van der Waals surface area contributed by atoms with Crippen molar-refractivity contribution >= 4 is 28.9 Å². The molecule has 7 N–H and O–H groups in total. The number of carbonyl (C=O) groups excluding carboxylic acids is 1. The lowest BCUT2D eigenvalue weighted by molar-refractivity contribution is -0.137. The number of hydrogen-bond donors (Lipinski definition) is 6. The number of amides is 1. The van der Waals surface area contributed by atoms with Crippen LogP contribution in [0.3, 0.4) is 0 Å². The molecular formula is C29H36F3N7O2. The first-order valence-electron chi connectivity index (χ1n) is 13.6. The van der Waals surface area contributed by atoms with Crippen LogP contribution in [0.4, 0.5) is 36.2 Å². The Bertz CT molecular complexity index is 1340. The summed E-state index contributed by atoms with van der Waals surface area (Å²) in [7, 11) is 0. The van der Waals surface area contributed by atoms with E-state index < -0.39 is 23.6 Å². The first-order valence-corrected chi connectivity index (χ1v) is 13.6. The fourth-order valence-electron chi connectivity index (χ4n) is 4.96. The van der Waals surface area contributed by atoms with E-state index in [9.17, 15) is 23.1 Å². The van der Waals surface area contributed by atoms with Crippen LogP contribution in [0, 0.1) is 5.92 Å². The predicted molar refractivity (Wildman–Crippen MR) is 153 cm³/mol. The molecule has 2 aromatic carbocycles. The Labute approximate surface area is 237 Å². The highest BCUT2D eigenvalue weighted by Gasteiger charge is 2.34. The Morgan fingerprint density at radius 3 is 2.22 bits per heavy atom. The summed E-state index contributed by atoms with van der Waals surface area (Å²) in [4.78, 5) is 21.8. The van der Waals surface area contributed by atoms with Crippen LogP contribution < -0.4 is 27.0 Å². The number of anilines is 4. The summed E-state index contributed by atoms with van der Waals surface area (Å²) in [6.07, 6.45) is -0.745. The number of aliphatic hydroxyl groups is 1. The number of nitrogens with one attached hydrogen (secondary N) is 4. The Kier molecular flexibility index (Phi) is 9.03. The molecule has 4 rings (SSSR count). The number of rotatable bonds is 10. The molecule has 2 atom stereocenters. The second-order valence-electron chi connectivity index (χ2n) is 10.8. The molecular weight excluding hydrogens is 535 g/mol. The lowest BCUT2D eigenvalue weighted by Crippen LogP contribution is -2.38. The molecule has 220 valence electrons. The second-order valence-corrected chi connectivity index (χ2v) is 10.8. The average molecular weight is 572 g/mol. The van der Waals surface area contributed by atoms with E-state index in [-0.39, 0.29) is 23.6 Å². The van der Waals surface area contributed by atoms with Crippen LogP contribution in [-0.4, -0.2) is 33.4 Å². The van der Waals surface area contributed by atoms with Gasteiger partial charge in [0.15, 0.2) is 0 Å². The Balaban J connectivity index is 1.54. The van der Waals surface area contributed by atoms with Gasteiger partial charge < -0.3 is 32.1 Å². The number of benzene rings is 2. The monoisotopic (exact) mass is 571 g/mol. The maximum Gasteiger partial charge on any atom is 0.416 e. The van der Waals surface area contributed by atoms with Crippen LogP contribution in [0.25, 0.3) is 0 Å². The number of halogens is 3. The van der Waals surface area contributed by atoms with Crippen LogP contribution >= 0.6 is 0 Å². The zero-order valence-electron chi connectivity index (χ0n) is 23.2. The lowest BCUT2D eigenvalue weighted by Gasteiger charge is -2.30. The van der Waals surface area contributed by atoms with E-state index >= 15 is 0 Å². The van der Waals surface area contributed by atoms with E-state index in [0.29, 0.717) is 28.5 Å². The molecule has 0 spiro atoms. The molecule has 2 unspecified atom stereocenters. The van der Waals surface area contributed by atoms with Crippen molar-refractivity contribution in [2.75, 3.05) is 21.3 Å². The number of carbonyl (C=O) groups is 1. The molecule has 1 saturated carbocycles. The van der Waals surface area contributed by atoms with Crippen molar-refractivity contribution < 1.29 is 23.1 Å². The van der Waals surface area contributed by atoms with Crippen molar-refractivity contribution in [1.82, 2.24) is 9.97 Å². The van der Waals surface area contributed by atoms with E-state index in [2.05, 4.69) is 31.2 Å². The highest BCUT2D eigenvalue weighted by atomic mass is 19.4. The molecule has 0 bridgehead atoms. The van der Waals surface area contributed by atoms with Gasteiger partial charge in [-0.1, -0.05) is 31.0 Å². The van der Waals surface area contributed by atoms with E-state index in [4.69, 9.17) is 5.73 Å². The SMILES string of the molecule is CC(C)Nc1ncnc(NC(=O)C2CCCC2)c1C(C)(N)c1ccc(NC(O)Nc2cccc(C(F)(F)F)c2)cc1. The summed E-state index contributed by atoms with van der Waals surface area (Å²) in [5, 5.41) is 22.1. The Morgan fingerprint density at radius 1 is 0.951 bits per heavy atom. The molecule has 1 aliphatic carbocycles. The van der Waals surface area contributed by atoms with Crippen molar-refractivity contribution in [2.45, 2.75) is 70.6 Å². The van der Waals surface area contributed by atoms with Gasteiger partial charge in [-0.15, -0.1) is 0 Å². The number of nitrogens with two attached hydrogens (primary N) is 1. The van der Waals surface area contributed by atoms with Crippen LogP contribution in [0.2, 0.25) is 0 Å². The van der Waals surface area contributed by atoms with Crippen molar-refractivity contribution in [3.8, 4) is 0 Å². The first-order chi connectivity index (χ1) is 19.3. The largest absolute Gasteiger partial charge is 0.416 e. The highest BCUT2D eigenvalue weighted by molar-refractivity contribution is 5.93. The summed E-state index contributed by atoms with van der Waals surface area (Å²) in [5.41, 5.74) is 6.78. The Morgan fingerprint density at radius 2 is 1.59 bits per heavy atom. The number of hydrogen-bond acceptors (Lipinski definition) is 8. The van der Waals surface area contributed by atoms with Crippen molar-refractivity contribution in [1.29, 1.82) is 0 Å². The number of alkyl halides is 3. The van der Waals surface area contributed by atoms with Crippen molar-refractivity contribution in [3.63, 3.8) is 0 Å². The second kappa shape index (κ2) is 12.3. The molecule has 1 aromatic heterocycles. The van der Waals surface area contributed by atoms with E-state index in [0.717, 1.165) is 37.8 Å². The zero-order chi connectivity index (χ0) is 29.8. The Hall–Kier alpha value is -3.90. The molecule has 0 radical (unpaired) electrons. The summed E-state index contributed by atoms with van der Waals surface area (Å²) in [6, 6.07) is 11.5. The third kappa shape index (κ3) is 7.44. The minimum atomic E-state index is -4.49. The van der Waals surface area contributed by atoms with E-state index in [1.54, 1.807) is 31.2 Å². The van der Waals surface area contributed by atoms with Crippen LogP contribution in [0.5, 0.6) is 0 Å². The molecule has 0 aliphatic heterocycles. The van der Waals surface area contributed by atoms with Crippen LogP contribution in [0.15, 0.2) is 54.9 Å². The smallest absolute Gasteiger partial charge is 0.367 e. The molecule has 9 nitrogen and oxygen atoms in total. The summed E-state index contributed by atoms with van der Waals surface area (Å²) in [5.74, 6) is 0.692. The van der Waals surface area contributed by atoms with Crippen molar-refractivity contribution in [3.05, 3.63) is 71.5 Å². The van der Waals surface area contributed by atoms with Crippen LogP contribution in [-0.2, 0) is 16.5 Å². The normalized spacial score (nSPS) is 16.2. The zero-order valence-corrected chi connectivity index (χ0v) is 23.2. The first kappa shape index (κ1) is 30.1. The van der Waals surface area contributed by atoms with Gasteiger partial charge in [0.2, 0.25) is 12.3 Å². The van der Waals surface area contributed by atoms with Gasteiger partial charge in [0.1, 0.15) is 18.0 Å². The van der Waals surface area contributed by atoms with Gasteiger partial charge >= 0.3 is 6.18 Å². The van der Waals surface area contributed by atoms with Gasteiger partial charge in [0.25, 0.3) is 0 Å². The maximum atomic E-state index is 13.0. The maximum absolute atomic E-state index is 13.0. The minimum absolute atomic E-state index is 0.0372. The summed E-state index contributed by atoms with van der Waals surface area (Å²) in [6.45, 7) is 5.74. The van der Waals surface area contributed by atoms with Crippen molar-refractivity contribution in [2.24, 2.45) is 11.7 Å². The quantitative estimate of drug-likeness (QED) is 0.176. The highest BCUT2D eigenvalue weighted by Crippen LogP contribution is 2.37. The third-order valence-electron chi connectivity index (χ3n) is 7.04. The van der Waals surface area contributed by atoms with Gasteiger partial charge in [-0.3, -0.25) is 4.79 Å². The molecule has 3 aromatic rings. The standard InChI is InChI=1S/C29H36F3N7O2/c1-17(2)36-24-23(25(35-16-34-24)39-26(40)18-7-4-5-8-18)28(3,33)19-11-13-21(14-12-19)37-27(41)38-22-10-6-9-20(15-22)29(30,31)32/h6,9-18,27,37-38,41H,4-5,7-8,33H2,1-3H3,(H2,34,35,36,39,40). The van der Waals surface area contributed by atoms with Gasteiger partial charge in [-0.25, -0.2) is 9.97 Å². The molecule has 1 amide bonds. The number of aromatic nitrogens is 2. The minimum Gasteiger partial charge on any atom is -0.367 e. The average Bonchev–Trinajstić information content (AvgIpc) is 3.44. The molecule has 41 heavy (non-hydrogen) atoms. The fraction of sp³-hybridized carbons (Fsp3) is 0.414. The van der Waals surface area contributed by atoms with E-state index in [1.165, 1.54) is 18.5 Å². The number of nitrogens with zero attached hydrogens (tertiary/aromatic N) is 2. The van der Waals surface area contributed by atoms with Crippen LogP contribution in [0.1, 0.15) is 63.1 Å². The predicted octanol–water partition coefficient (Wildman–Crippen LogP) is 5.47. The lowest BCUT2D eigenvalue weighted by atomic mass is 9.85. The van der Waals surface area contributed by atoms with E-state index in [1.807, 2.05) is 13.8 Å². The van der Waals surface area contributed by atoms with Gasteiger partial charge in [-0.2, -0.15) is 13.2 Å². The fourth-order valence-corrected chi connectivity index (χ4v) is 4.96. The van der Waals surface area contributed by atoms with Gasteiger partial charge in [0.05, 0.1) is 16.7 Å². The molecule has 1 aliphatic rings. The van der Waals surface area contributed by atoms with Gasteiger partial charge in [-0.05, 0) is 69.5 Å².